The Bertz CT molecular complexity index is 102. The molecule has 0 amide bonds. The number of hydrogen-bond donors (Lipinski definition) is 1. The molecule has 0 saturated heterocycles. The van der Waals surface area contributed by atoms with Gasteiger partial charge in [0.25, 0.3) is 0 Å². The third-order valence-electron chi connectivity index (χ3n) is 1.70. The molecule has 0 atom stereocenters. The zero-order valence-corrected chi connectivity index (χ0v) is 9.12. The van der Waals surface area contributed by atoms with Gasteiger partial charge in [-0.3, -0.25) is 0 Å². The molecule has 72 valence electrons. The first-order valence-electron chi connectivity index (χ1n) is 4.72. The summed E-state index contributed by atoms with van der Waals surface area (Å²) in [4.78, 5) is 0. The van der Waals surface area contributed by atoms with Crippen molar-refractivity contribution in [3.8, 4) is 0 Å². The highest BCUT2D eigenvalue weighted by molar-refractivity contribution is 7.98. The normalized spacial score (nSPS) is 11.2. The van der Waals surface area contributed by atoms with Crippen molar-refractivity contribution in [3.05, 3.63) is 12.2 Å². The number of allylic oxidation sites excluding steroid dienone is 1. The third-order valence-corrected chi connectivity index (χ3v) is 2.40. The van der Waals surface area contributed by atoms with Gasteiger partial charge in [-0.15, -0.1) is 0 Å². The monoisotopic (exact) mass is 187 g/mol. The average Bonchev–Trinajstić information content (AvgIpc) is 2.10. The van der Waals surface area contributed by atoms with E-state index in [-0.39, 0.29) is 0 Å². The van der Waals surface area contributed by atoms with Crippen LogP contribution < -0.4 is 5.32 Å². The first-order valence-corrected chi connectivity index (χ1v) is 6.12. The van der Waals surface area contributed by atoms with Crippen molar-refractivity contribution < 1.29 is 0 Å². The van der Waals surface area contributed by atoms with Crippen LogP contribution in [-0.2, 0) is 0 Å². The van der Waals surface area contributed by atoms with Crippen molar-refractivity contribution in [2.75, 3.05) is 25.1 Å². The Morgan fingerprint density at radius 2 is 2.08 bits per heavy atom. The molecule has 0 spiro atoms. The van der Waals surface area contributed by atoms with Crippen LogP contribution in [0.2, 0.25) is 0 Å². The van der Waals surface area contributed by atoms with Crippen LogP contribution in [0.4, 0.5) is 0 Å². The Morgan fingerprint density at radius 3 is 2.75 bits per heavy atom. The zero-order valence-electron chi connectivity index (χ0n) is 8.31. The molecular weight excluding hydrogens is 166 g/mol. The summed E-state index contributed by atoms with van der Waals surface area (Å²) >= 11 is 1.94. The lowest BCUT2D eigenvalue weighted by molar-refractivity contribution is 0.649. The molecule has 0 aromatic carbocycles. The lowest BCUT2D eigenvalue weighted by atomic mass is 10.2. The molecule has 12 heavy (non-hydrogen) atoms. The van der Waals surface area contributed by atoms with E-state index in [0.717, 1.165) is 6.54 Å². The lowest BCUT2D eigenvalue weighted by Crippen LogP contribution is -2.14. The van der Waals surface area contributed by atoms with Gasteiger partial charge in [-0.25, -0.2) is 0 Å². The summed E-state index contributed by atoms with van der Waals surface area (Å²) < 4.78 is 0. The van der Waals surface area contributed by atoms with E-state index in [1.54, 1.807) is 0 Å². The molecule has 0 aromatic heterocycles. The summed E-state index contributed by atoms with van der Waals surface area (Å²) in [6.45, 7) is 4.25. The summed E-state index contributed by atoms with van der Waals surface area (Å²) in [7, 11) is 0. The molecule has 0 unspecified atom stereocenters. The largest absolute Gasteiger partial charge is 0.313 e. The molecule has 0 radical (unpaired) electrons. The maximum Gasteiger partial charge on any atom is 0.0134 e. The quantitative estimate of drug-likeness (QED) is 0.463. The smallest absolute Gasteiger partial charge is 0.0134 e. The van der Waals surface area contributed by atoms with Crippen LogP contribution in [0.3, 0.4) is 0 Å². The minimum absolute atomic E-state index is 1.03. The van der Waals surface area contributed by atoms with Crippen molar-refractivity contribution in [2.24, 2.45) is 0 Å². The van der Waals surface area contributed by atoms with Gasteiger partial charge in [0.05, 0.1) is 0 Å². The first-order chi connectivity index (χ1) is 5.91. The fourth-order valence-corrected chi connectivity index (χ4v) is 1.47. The molecule has 2 heteroatoms. The molecule has 0 aliphatic heterocycles. The predicted octanol–water partition coefficient (Wildman–Crippen LogP) is 2.69. The second-order valence-electron chi connectivity index (χ2n) is 2.83. The SMILES string of the molecule is C/C=C/CNCCCCCSC. The van der Waals surface area contributed by atoms with Gasteiger partial charge in [0, 0.05) is 6.54 Å². The maximum absolute atomic E-state index is 3.37. The summed E-state index contributed by atoms with van der Waals surface area (Å²) in [5.41, 5.74) is 0. The number of hydrogen-bond acceptors (Lipinski definition) is 2. The molecule has 0 fully saturated rings. The number of thioether (sulfide) groups is 1. The Labute approximate surface area is 81.0 Å². The van der Waals surface area contributed by atoms with E-state index in [1.165, 1.54) is 31.6 Å². The van der Waals surface area contributed by atoms with Crippen molar-refractivity contribution in [2.45, 2.75) is 26.2 Å². The maximum atomic E-state index is 3.37. The van der Waals surface area contributed by atoms with Crippen LogP contribution in [0, 0.1) is 0 Å². The Hall–Kier alpha value is 0.0500. The van der Waals surface area contributed by atoms with Gasteiger partial charge in [0.1, 0.15) is 0 Å². The van der Waals surface area contributed by atoms with Gasteiger partial charge >= 0.3 is 0 Å². The van der Waals surface area contributed by atoms with E-state index < -0.39 is 0 Å². The summed E-state index contributed by atoms with van der Waals surface area (Å²) in [5.74, 6) is 1.31. The Balaban J connectivity index is 2.81. The molecule has 0 heterocycles. The second kappa shape index (κ2) is 11.1. The molecule has 1 nitrogen and oxygen atoms in total. The van der Waals surface area contributed by atoms with E-state index in [1.807, 2.05) is 11.8 Å². The number of unbranched alkanes of at least 4 members (excludes halogenated alkanes) is 2. The van der Waals surface area contributed by atoms with Gasteiger partial charge in [0.2, 0.25) is 0 Å². The highest BCUT2D eigenvalue weighted by Gasteiger charge is 1.87. The van der Waals surface area contributed by atoms with Gasteiger partial charge in [0.15, 0.2) is 0 Å². The highest BCUT2D eigenvalue weighted by Crippen LogP contribution is 2.00. The molecule has 0 saturated carbocycles. The minimum Gasteiger partial charge on any atom is -0.313 e. The predicted molar refractivity (Wildman–Crippen MR) is 59.9 cm³/mol. The average molecular weight is 187 g/mol. The van der Waals surface area contributed by atoms with E-state index in [0.29, 0.717) is 0 Å². The molecule has 0 bridgehead atoms. The Kier molecular flexibility index (Phi) is 11.1. The minimum atomic E-state index is 1.03. The van der Waals surface area contributed by atoms with Gasteiger partial charge in [-0.2, -0.15) is 11.8 Å². The Morgan fingerprint density at radius 1 is 1.25 bits per heavy atom. The molecular formula is C10H21NS. The van der Waals surface area contributed by atoms with E-state index in [9.17, 15) is 0 Å². The third kappa shape index (κ3) is 10.0. The highest BCUT2D eigenvalue weighted by atomic mass is 32.2. The second-order valence-corrected chi connectivity index (χ2v) is 3.81. The zero-order chi connectivity index (χ0) is 9.07. The van der Waals surface area contributed by atoms with Crippen molar-refractivity contribution in [3.63, 3.8) is 0 Å². The van der Waals surface area contributed by atoms with Gasteiger partial charge < -0.3 is 5.32 Å². The molecule has 1 N–H and O–H groups in total. The standard InChI is InChI=1S/C10H21NS/c1-3-4-8-11-9-6-5-7-10-12-2/h3-4,11H,5-10H2,1-2H3/b4-3+. The van der Waals surface area contributed by atoms with Crippen molar-refractivity contribution in [1.29, 1.82) is 0 Å². The van der Waals surface area contributed by atoms with Crippen LogP contribution in [0.15, 0.2) is 12.2 Å². The summed E-state index contributed by atoms with van der Waals surface area (Å²) in [6, 6.07) is 0. The molecule has 0 aromatic rings. The van der Waals surface area contributed by atoms with E-state index >= 15 is 0 Å². The molecule has 0 aliphatic carbocycles. The molecule has 0 rings (SSSR count). The lowest BCUT2D eigenvalue weighted by Gasteiger charge is -2.00. The van der Waals surface area contributed by atoms with Gasteiger partial charge in [-0.1, -0.05) is 18.6 Å². The van der Waals surface area contributed by atoms with E-state index in [4.69, 9.17) is 0 Å². The van der Waals surface area contributed by atoms with Crippen LogP contribution in [-0.4, -0.2) is 25.1 Å². The van der Waals surface area contributed by atoms with Crippen molar-refractivity contribution >= 4 is 11.8 Å². The summed E-state index contributed by atoms with van der Waals surface area (Å²) in [5, 5.41) is 3.37. The fraction of sp³-hybridized carbons (Fsp3) is 0.800. The van der Waals surface area contributed by atoms with Crippen LogP contribution in [0.25, 0.3) is 0 Å². The van der Waals surface area contributed by atoms with Crippen molar-refractivity contribution in [1.82, 2.24) is 5.32 Å². The van der Waals surface area contributed by atoms with Crippen LogP contribution in [0.5, 0.6) is 0 Å². The van der Waals surface area contributed by atoms with Gasteiger partial charge in [-0.05, 0) is 38.3 Å². The fourth-order valence-electron chi connectivity index (χ4n) is 0.976. The van der Waals surface area contributed by atoms with E-state index in [2.05, 4.69) is 30.6 Å². The number of rotatable bonds is 8. The number of nitrogens with one attached hydrogen (secondary N) is 1. The first kappa shape index (κ1) is 12.0. The topological polar surface area (TPSA) is 12.0 Å². The van der Waals surface area contributed by atoms with Crippen LogP contribution >= 0.6 is 11.8 Å². The van der Waals surface area contributed by atoms with Crippen LogP contribution in [0.1, 0.15) is 26.2 Å². The summed E-state index contributed by atoms with van der Waals surface area (Å²) in [6.07, 6.45) is 10.5. The molecule has 0 aliphatic rings.